The summed E-state index contributed by atoms with van der Waals surface area (Å²) in [6, 6.07) is 7.58. The number of aryl methyl sites for hydroxylation is 1. The number of aromatic nitrogens is 1. The molecule has 0 spiro atoms. The van der Waals surface area contributed by atoms with E-state index in [9.17, 15) is 13.2 Å². The number of rotatable bonds is 4. The highest BCUT2D eigenvalue weighted by Gasteiger charge is 2.22. The number of hydrogen-bond donors (Lipinski definition) is 1. The smallest absolute Gasteiger partial charge is 0.307 e. The Labute approximate surface area is 157 Å². The molecule has 0 radical (unpaired) electrons. The lowest BCUT2D eigenvalue weighted by molar-refractivity contribution is 0.414. The lowest BCUT2D eigenvalue weighted by Gasteiger charge is -2.12. The third-order valence-corrected chi connectivity index (χ3v) is 6.96. The van der Waals surface area contributed by atoms with Gasteiger partial charge in [-0.2, -0.15) is 0 Å². The van der Waals surface area contributed by atoms with Gasteiger partial charge in [0.25, 0.3) is 10.0 Å². The van der Waals surface area contributed by atoms with Crippen LogP contribution in [0, 0.1) is 0 Å². The Hall–Kier alpha value is -1.74. The molecule has 3 aromatic rings. The molecular weight excluding hydrogens is 407 g/mol. The maximum Gasteiger partial charge on any atom is 0.307 e. The lowest BCUT2D eigenvalue weighted by atomic mass is 10.3. The van der Waals surface area contributed by atoms with Crippen LogP contribution in [-0.4, -0.2) is 20.1 Å². The highest BCUT2D eigenvalue weighted by Crippen LogP contribution is 2.37. The van der Waals surface area contributed by atoms with Gasteiger partial charge in [0.2, 0.25) is 0 Å². The van der Waals surface area contributed by atoms with Gasteiger partial charge in [0.15, 0.2) is 0 Å². The second-order valence-electron chi connectivity index (χ2n) is 5.11. The van der Waals surface area contributed by atoms with Crippen LogP contribution in [0.2, 0.25) is 10.0 Å². The van der Waals surface area contributed by atoms with E-state index in [-0.39, 0.29) is 25.6 Å². The fourth-order valence-electron chi connectivity index (χ4n) is 2.29. The van der Waals surface area contributed by atoms with Crippen molar-refractivity contribution < 1.29 is 13.2 Å². The van der Waals surface area contributed by atoms with E-state index in [1.165, 1.54) is 23.8 Å². The van der Waals surface area contributed by atoms with Crippen molar-refractivity contribution in [1.29, 1.82) is 0 Å². The molecule has 6 nitrogen and oxygen atoms in total. The van der Waals surface area contributed by atoms with Crippen LogP contribution in [0.15, 0.2) is 40.0 Å². The largest absolute Gasteiger partial charge is 0.495 e. The number of nitrogens with zero attached hydrogens (tertiary/aromatic N) is 1. The summed E-state index contributed by atoms with van der Waals surface area (Å²) in [5.74, 6) is 0.279. The predicted octanol–water partition coefficient (Wildman–Crippen LogP) is 3.72. The van der Waals surface area contributed by atoms with Crippen molar-refractivity contribution in [2.24, 2.45) is 7.05 Å². The molecule has 2 aromatic carbocycles. The Balaban J connectivity index is 2.02. The van der Waals surface area contributed by atoms with E-state index in [0.717, 1.165) is 16.9 Å². The average molecular weight is 419 g/mol. The van der Waals surface area contributed by atoms with Crippen LogP contribution in [0.25, 0.3) is 10.2 Å². The summed E-state index contributed by atoms with van der Waals surface area (Å²) in [4.78, 5) is 11.4. The highest BCUT2D eigenvalue weighted by molar-refractivity contribution is 7.92. The van der Waals surface area contributed by atoms with Gasteiger partial charge in [-0.05, 0) is 30.3 Å². The van der Waals surface area contributed by atoms with Crippen molar-refractivity contribution >= 4 is 60.5 Å². The molecule has 0 amide bonds. The quantitative estimate of drug-likeness (QED) is 0.700. The van der Waals surface area contributed by atoms with E-state index in [1.54, 1.807) is 25.2 Å². The van der Waals surface area contributed by atoms with Crippen molar-refractivity contribution in [1.82, 2.24) is 4.57 Å². The number of halogens is 2. The summed E-state index contributed by atoms with van der Waals surface area (Å²) in [6.45, 7) is 0. The normalized spacial score (nSPS) is 11.7. The summed E-state index contributed by atoms with van der Waals surface area (Å²) < 4.78 is 34.9. The molecule has 10 heteroatoms. The first-order valence-electron chi connectivity index (χ1n) is 6.89. The summed E-state index contributed by atoms with van der Waals surface area (Å²) >= 11 is 13.1. The Morgan fingerprint density at radius 1 is 1.16 bits per heavy atom. The SMILES string of the molecule is COc1ccc(S(=O)(=O)Nc2ccc3c(c2)sc(=O)n3C)c(Cl)c1Cl. The Morgan fingerprint density at radius 3 is 2.56 bits per heavy atom. The first-order valence-corrected chi connectivity index (χ1v) is 9.94. The molecule has 0 saturated carbocycles. The maximum absolute atomic E-state index is 12.6. The molecule has 0 fully saturated rings. The minimum atomic E-state index is -3.97. The topological polar surface area (TPSA) is 77.4 Å². The van der Waals surface area contributed by atoms with Gasteiger partial charge >= 0.3 is 4.87 Å². The number of nitrogens with one attached hydrogen (secondary N) is 1. The molecule has 3 rings (SSSR count). The summed E-state index contributed by atoms with van der Waals surface area (Å²) in [5.41, 5.74) is 1.04. The van der Waals surface area contributed by atoms with Crippen LogP contribution in [-0.2, 0) is 17.1 Å². The molecule has 0 aliphatic carbocycles. The van der Waals surface area contributed by atoms with Gasteiger partial charge in [0.05, 0.1) is 28.0 Å². The molecule has 1 heterocycles. The van der Waals surface area contributed by atoms with Crippen molar-refractivity contribution in [3.63, 3.8) is 0 Å². The Kier molecular flexibility index (Phi) is 4.72. The van der Waals surface area contributed by atoms with E-state index in [2.05, 4.69) is 4.72 Å². The van der Waals surface area contributed by atoms with Gasteiger partial charge < -0.3 is 9.30 Å². The average Bonchev–Trinajstić information content (AvgIpc) is 2.83. The number of anilines is 1. The van der Waals surface area contributed by atoms with Crippen LogP contribution < -0.4 is 14.3 Å². The second-order valence-corrected chi connectivity index (χ2v) is 8.51. The van der Waals surface area contributed by atoms with Crippen molar-refractivity contribution in [2.75, 3.05) is 11.8 Å². The third-order valence-electron chi connectivity index (χ3n) is 3.57. The molecule has 0 saturated heterocycles. The number of thiazole rings is 1. The first kappa shape index (κ1) is 18.1. The van der Waals surface area contributed by atoms with E-state index in [1.807, 2.05) is 0 Å². The summed E-state index contributed by atoms with van der Waals surface area (Å²) in [6.07, 6.45) is 0. The minimum absolute atomic E-state index is 0.0174. The van der Waals surface area contributed by atoms with Gasteiger partial charge in [0.1, 0.15) is 15.7 Å². The van der Waals surface area contributed by atoms with E-state index < -0.39 is 10.0 Å². The van der Waals surface area contributed by atoms with E-state index in [4.69, 9.17) is 27.9 Å². The molecule has 0 aliphatic heterocycles. The number of hydrogen-bond acceptors (Lipinski definition) is 5. The summed E-state index contributed by atoms with van der Waals surface area (Å²) in [7, 11) is -0.902. The minimum Gasteiger partial charge on any atom is -0.495 e. The van der Waals surface area contributed by atoms with Crippen molar-refractivity contribution in [3.8, 4) is 5.75 Å². The number of benzene rings is 2. The zero-order valence-corrected chi connectivity index (χ0v) is 16.2. The predicted molar refractivity (Wildman–Crippen MR) is 101 cm³/mol. The zero-order chi connectivity index (χ0) is 18.4. The van der Waals surface area contributed by atoms with Gasteiger partial charge in [-0.25, -0.2) is 8.42 Å². The van der Waals surface area contributed by atoms with Crippen LogP contribution in [0.5, 0.6) is 5.75 Å². The molecule has 0 bridgehead atoms. The maximum atomic E-state index is 12.6. The molecule has 0 aliphatic rings. The first-order chi connectivity index (χ1) is 11.7. The Morgan fingerprint density at radius 2 is 1.88 bits per heavy atom. The monoisotopic (exact) mass is 418 g/mol. The molecule has 25 heavy (non-hydrogen) atoms. The zero-order valence-electron chi connectivity index (χ0n) is 13.0. The fourth-order valence-corrected chi connectivity index (χ4v) is 5.10. The second kappa shape index (κ2) is 6.53. The van der Waals surface area contributed by atoms with Gasteiger partial charge in [-0.15, -0.1) is 0 Å². The van der Waals surface area contributed by atoms with Crippen LogP contribution in [0.4, 0.5) is 5.69 Å². The van der Waals surface area contributed by atoms with E-state index in [0.29, 0.717) is 10.4 Å². The number of fused-ring (bicyclic) bond motifs is 1. The standard InChI is InChI=1S/C15H12Cl2N2O4S2/c1-19-9-4-3-8(7-11(9)24-15(19)20)18-25(21,22)12-6-5-10(23-2)13(16)14(12)17/h3-7,18H,1-2H3. The molecule has 0 unspecified atom stereocenters. The van der Waals surface area contributed by atoms with E-state index >= 15 is 0 Å². The molecule has 0 atom stereocenters. The molecule has 132 valence electrons. The molecular formula is C15H12Cl2N2O4S2. The van der Waals surface area contributed by atoms with Gasteiger partial charge in [-0.1, -0.05) is 34.5 Å². The highest BCUT2D eigenvalue weighted by atomic mass is 35.5. The summed E-state index contributed by atoms with van der Waals surface area (Å²) in [5, 5.41) is -0.109. The Bertz CT molecular complexity index is 1140. The molecule has 1 aromatic heterocycles. The van der Waals surface area contributed by atoms with Gasteiger partial charge in [0, 0.05) is 7.05 Å². The van der Waals surface area contributed by atoms with Crippen molar-refractivity contribution in [2.45, 2.75) is 4.90 Å². The lowest BCUT2D eigenvalue weighted by Crippen LogP contribution is -2.13. The fraction of sp³-hybridized carbons (Fsp3) is 0.133. The van der Waals surface area contributed by atoms with Gasteiger partial charge in [-0.3, -0.25) is 9.52 Å². The van der Waals surface area contributed by atoms with Crippen LogP contribution in [0.3, 0.4) is 0 Å². The van der Waals surface area contributed by atoms with Crippen LogP contribution in [0.1, 0.15) is 0 Å². The van der Waals surface area contributed by atoms with Crippen LogP contribution >= 0.6 is 34.5 Å². The number of ether oxygens (including phenoxy) is 1. The molecule has 1 N–H and O–H groups in total. The third kappa shape index (κ3) is 3.22. The number of methoxy groups -OCH3 is 1. The van der Waals surface area contributed by atoms with Crippen molar-refractivity contribution in [3.05, 3.63) is 50.0 Å². The number of sulfonamides is 1.